The summed E-state index contributed by atoms with van der Waals surface area (Å²) in [5.74, 6) is -0.952. The third kappa shape index (κ3) is 39.3. The Hall–Kier alpha value is -1.06. The summed E-state index contributed by atoms with van der Waals surface area (Å²) in [6, 6.07) is 0. The molecule has 2 N–H and O–H groups in total. The Morgan fingerprint density at radius 2 is 1.02 bits per heavy atom. The Morgan fingerprint density at radius 3 is 1.39 bits per heavy atom. The Kier molecular flexibility index (Phi) is 53.8. The molecule has 0 aliphatic heterocycles. The number of rotatable bonds is 41. The zero-order valence-corrected chi connectivity index (χ0v) is 45.4. The number of aliphatic hydroxyl groups excluding tert-OH is 1. The first kappa shape index (κ1) is 67.5. The molecular formula is C51H103N2O8W-. The minimum absolute atomic E-state index is 0. The molecule has 10 nitrogen and oxygen atoms in total. The second-order valence-electron chi connectivity index (χ2n) is 18.1. The number of nitrogens with zero attached hydrogens (tertiary/aromatic N) is 1. The summed E-state index contributed by atoms with van der Waals surface area (Å²) in [6.45, 7) is 23.2. The number of esters is 2. The Labute approximate surface area is 398 Å². The molecule has 0 aliphatic carbocycles. The van der Waals surface area contributed by atoms with E-state index < -0.39 is 16.8 Å². The van der Waals surface area contributed by atoms with Gasteiger partial charge < -0.3 is 34.7 Å². The number of carbonyl (C=O) groups is 3. The van der Waals surface area contributed by atoms with Crippen LogP contribution in [0.1, 0.15) is 229 Å². The molecule has 0 bridgehead atoms. The standard InChI is InChI=1S/C30H58NO5.C13H28O.C8H17NO2.W/c1-8-10-12-14-16-18-20-26(21-19-17-15-13-11-9-2)36-28(33)30(5,6)29(3,4)27(32)35-24-25(22-31)23-34-7;1-2-3-4-5-6-7-8-9-10-11-12-13-14;1-3-9(4-2)6-5-7-11-8-10;/h25-26,31H,8-24H2,1-7H3;14H,2-13H2,1H3;8H,3-7H2,1-2H3;/q-1;;;. The Morgan fingerprint density at radius 1 is 0.613 bits per heavy atom. The minimum atomic E-state index is -1.06. The maximum Gasteiger partial charge on any atom is 0.312 e. The maximum absolute atomic E-state index is 13.4. The van der Waals surface area contributed by atoms with Crippen molar-refractivity contribution in [3.8, 4) is 0 Å². The molecule has 0 saturated carbocycles. The Bertz CT molecular complexity index is 923. The third-order valence-corrected chi connectivity index (χ3v) is 12.2. The van der Waals surface area contributed by atoms with Gasteiger partial charge in [-0.2, -0.15) is 0 Å². The predicted octanol–water partition coefficient (Wildman–Crippen LogP) is 13.5. The van der Waals surface area contributed by atoms with Gasteiger partial charge in [0.2, 0.25) is 0 Å². The van der Waals surface area contributed by atoms with Gasteiger partial charge in [-0.05, 0) is 85.2 Å². The first-order chi connectivity index (χ1) is 29.3. The molecule has 0 aliphatic rings. The molecule has 0 rings (SSSR count). The fourth-order valence-electron chi connectivity index (χ4n) is 6.89. The zero-order chi connectivity index (χ0) is 46.5. The predicted molar refractivity (Wildman–Crippen MR) is 257 cm³/mol. The van der Waals surface area contributed by atoms with Crippen LogP contribution >= 0.6 is 0 Å². The smallest absolute Gasteiger partial charge is 0.312 e. The van der Waals surface area contributed by atoms with Gasteiger partial charge in [-0.15, -0.1) is 6.54 Å². The van der Waals surface area contributed by atoms with Crippen molar-refractivity contribution in [3.05, 3.63) is 5.73 Å². The summed E-state index contributed by atoms with van der Waals surface area (Å²) in [7, 11) is 1.57. The molecule has 0 aromatic carbocycles. The molecule has 372 valence electrons. The van der Waals surface area contributed by atoms with Gasteiger partial charge in [0, 0.05) is 41.3 Å². The summed E-state index contributed by atoms with van der Waals surface area (Å²) in [5, 5.41) is 8.59. The largest absolute Gasteiger partial charge is 0.677 e. The fourth-order valence-corrected chi connectivity index (χ4v) is 6.89. The number of ether oxygens (including phenoxy) is 4. The number of carbonyl (C=O) groups excluding carboxylic acids is 3. The molecule has 11 heteroatoms. The first-order valence-electron chi connectivity index (χ1n) is 25.2. The molecule has 0 saturated heterocycles. The maximum atomic E-state index is 13.4. The van der Waals surface area contributed by atoms with Crippen molar-refractivity contribution in [2.24, 2.45) is 16.7 Å². The number of aliphatic hydroxyl groups is 1. The average Bonchev–Trinajstić information content (AvgIpc) is 3.25. The SMILES string of the molecule is CCCCCCCCC(CCCCCCCC)OC(=O)C(C)(C)C(C)(C)C(=O)OCC(C[NH-])COC.CCCCCCCCCCCCCO.CCN(CC)CCCOC=O.[W]. The average molecular weight is 1060 g/mol. The van der Waals surface area contributed by atoms with Crippen molar-refractivity contribution in [1.29, 1.82) is 0 Å². The molecule has 1 atom stereocenters. The number of methoxy groups -OCH3 is 1. The number of hydrogen-bond donors (Lipinski definition) is 1. The van der Waals surface area contributed by atoms with Crippen LogP contribution in [0, 0.1) is 16.7 Å². The van der Waals surface area contributed by atoms with Gasteiger partial charge in [0.25, 0.3) is 6.47 Å². The molecule has 0 amide bonds. The topological polar surface area (TPSA) is 135 Å². The summed E-state index contributed by atoms with van der Waals surface area (Å²) in [6.07, 6.45) is 31.9. The first-order valence-corrected chi connectivity index (χ1v) is 25.2. The third-order valence-electron chi connectivity index (χ3n) is 12.2. The van der Waals surface area contributed by atoms with Gasteiger partial charge in [0.05, 0.1) is 30.7 Å². The molecule has 0 heterocycles. The monoisotopic (exact) mass is 1060 g/mol. The van der Waals surface area contributed by atoms with E-state index in [2.05, 4.69) is 44.3 Å². The van der Waals surface area contributed by atoms with E-state index >= 15 is 0 Å². The van der Waals surface area contributed by atoms with E-state index in [9.17, 15) is 14.4 Å². The van der Waals surface area contributed by atoms with Crippen molar-refractivity contribution in [2.75, 3.05) is 59.7 Å². The molecule has 0 radical (unpaired) electrons. The van der Waals surface area contributed by atoms with Crippen molar-refractivity contribution in [1.82, 2.24) is 4.90 Å². The van der Waals surface area contributed by atoms with Crippen LogP contribution in [0.15, 0.2) is 0 Å². The molecule has 0 aromatic rings. The van der Waals surface area contributed by atoms with E-state index in [1.54, 1.807) is 34.8 Å². The number of unbranched alkanes of at least 4 members (excludes halogenated alkanes) is 20. The van der Waals surface area contributed by atoms with Gasteiger partial charge in [-0.3, -0.25) is 14.4 Å². The van der Waals surface area contributed by atoms with Crippen molar-refractivity contribution < 1.29 is 59.5 Å². The molecule has 1 unspecified atom stereocenters. The number of nitrogens with one attached hydrogen (secondary N) is 1. The van der Waals surface area contributed by atoms with Crippen LogP contribution in [-0.2, 0) is 54.4 Å². The van der Waals surface area contributed by atoms with Gasteiger partial charge >= 0.3 is 11.9 Å². The summed E-state index contributed by atoms with van der Waals surface area (Å²) in [5.41, 5.74) is 5.49. The molecule has 0 aromatic heterocycles. The van der Waals surface area contributed by atoms with Crippen LogP contribution in [0.5, 0.6) is 0 Å². The van der Waals surface area contributed by atoms with Crippen LogP contribution in [0.2, 0.25) is 0 Å². The van der Waals surface area contributed by atoms with Crippen LogP contribution < -0.4 is 0 Å². The molecular weight excluding hydrogens is 952 g/mol. The van der Waals surface area contributed by atoms with E-state index in [4.69, 9.17) is 25.1 Å². The van der Waals surface area contributed by atoms with E-state index in [1.807, 2.05) is 0 Å². The van der Waals surface area contributed by atoms with Gasteiger partial charge in [-0.1, -0.05) is 163 Å². The van der Waals surface area contributed by atoms with Crippen LogP contribution in [-0.4, -0.2) is 94.2 Å². The van der Waals surface area contributed by atoms with Crippen molar-refractivity contribution >= 4 is 18.4 Å². The van der Waals surface area contributed by atoms with E-state index in [0.717, 1.165) is 58.2 Å². The normalized spacial score (nSPS) is 11.8. The van der Waals surface area contributed by atoms with Gasteiger partial charge in [-0.25, -0.2) is 0 Å². The second kappa shape index (κ2) is 49.4. The van der Waals surface area contributed by atoms with E-state index in [0.29, 0.717) is 26.3 Å². The van der Waals surface area contributed by atoms with Gasteiger partial charge in [0.15, 0.2) is 0 Å². The molecule has 62 heavy (non-hydrogen) atoms. The fraction of sp³-hybridized carbons (Fsp3) is 0.941. The quantitative estimate of drug-likeness (QED) is 0.0275. The zero-order valence-electron chi connectivity index (χ0n) is 42.4. The second-order valence-corrected chi connectivity index (χ2v) is 18.1. The molecule has 0 spiro atoms. The molecule has 0 fully saturated rings. The number of hydrogen-bond acceptors (Lipinski definition) is 9. The minimum Gasteiger partial charge on any atom is -0.677 e. The van der Waals surface area contributed by atoms with E-state index in [-0.39, 0.29) is 52.2 Å². The van der Waals surface area contributed by atoms with Crippen LogP contribution in [0.25, 0.3) is 5.73 Å². The van der Waals surface area contributed by atoms with Crippen LogP contribution in [0.4, 0.5) is 0 Å². The summed E-state index contributed by atoms with van der Waals surface area (Å²) in [4.78, 5) is 38.4. The summed E-state index contributed by atoms with van der Waals surface area (Å²) < 4.78 is 21.3. The summed E-state index contributed by atoms with van der Waals surface area (Å²) >= 11 is 0. The van der Waals surface area contributed by atoms with Gasteiger partial charge in [0.1, 0.15) is 6.10 Å². The van der Waals surface area contributed by atoms with Crippen molar-refractivity contribution in [3.63, 3.8) is 0 Å². The van der Waals surface area contributed by atoms with Crippen LogP contribution in [0.3, 0.4) is 0 Å². The van der Waals surface area contributed by atoms with E-state index in [1.165, 1.54) is 128 Å². The Balaban J connectivity index is -0.000000526. The van der Waals surface area contributed by atoms with Crippen molar-refractivity contribution in [2.45, 2.75) is 235 Å².